The summed E-state index contributed by atoms with van der Waals surface area (Å²) in [6.07, 6.45) is 3.94. The van der Waals surface area contributed by atoms with Crippen LogP contribution in [0.25, 0.3) is 77.5 Å². The van der Waals surface area contributed by atoms with Gasteiger partial charge in [0.15, 0.2) is 0 Å². The third-order valence-electron chi connectivity index (χ3n) is 10.2. The standard InChI is InChI=1S/C43H30N4/c1-43(2)36-17-9-6-14-30(36)31-21-20-27(22-37(31)43)28-25-44-42(45-26-28)47-39-19-11-8-16-33(39)35-23-34-32-15-7-10-18-38(32)46(40(34)24-41(35)47)29-12-4-3-5-13-29/h3-26H,1-2H3. The van der Waals surface area contributed by atoms with Crippen molar-refractivity contribution < 1.29 is 0 Å². The zero-order chi connectivity index (χ0) is 31.3. The Bertz CT molecular complexity index is 2690. The Hall–Kier alpha value is -6.00. The van der Waals surface area contributed by atoms with Gasteiger partial charge in [-0.2, -0.15) is 0 Å². The molecule has 0 aliphatic heterocycles. The number of rotatable bonds is 3. The third kappa shape index (κ3) is 3.64. The maximum Gasteiger partial charge on any atom is 0.234 e. The van der Waals surface area contributed by atoms with Crippen LogP contribution >= 0.6 is 0 Å². The average molecular weight is 603 g/mol. The minimum absolute atomic E-state index is 0.0563. The molecule has 0 fully saturated rings. The molecule has 9 aromatic rings. The molecule has 4 heteroatoms. The van der Waals surface area contributed by atoms with Crippen LogP contribution < -0.4 is 0 Å². The Morgan fingerprint density at radius 3 is 1.79 bits per heavy atom. The SMILES string of the molecule is CC1(C)c2ccccc2-c2ccc(-c3cnc(-n4c5ccccc5c5cc6c7ccccc7n(-c7ccccc7)c6cc54)nc3)cc21. The Balaban J connectivity index is 1.16. The smallest absolute Gasteiger partial charge is 0.234 e. The quantitative estimate of drug-likeness (QED) is 0.202. The van der Waals surface area contributed by atoms with Crippen molar-refractivity contribution in [3.05, 3.63) is 157 Å². The second kappa shape index (κ2) is 9.51. The fraction of sp³-hybridized carbons (Fsp3) is 0.0698. The molecular formula is C43H30N4. The lowest BCUT2D eigenvalue weighted by atomic mass is 9.82. The summed E-state index contributed by atoms with van der Waals surface area (Å²) in [6.45, 7) is 4.63. The van der Waals surface area contributed by atoms with Gasteiger partial charge in [0.1, 0.15) is 0 Å². The van der Waals surface area contributed by atoms with Crippen molar-refractivity contribution in [1.82, 2.24) is 19.1 Å². The molecule has 3 aromatic heterocycles. The maximum absolute atomic E-state index is 5.02. The molecule has 4 nitrogen and oxygen atoms in total. The van der Waals surface area contributed by atoms with Gasteiger partial charge in [-0.05, 0) is 70.3 Å². The first-order valence-electron chi connectivity index (χ1n) is 16.2. The summed E-state index contributed by atoms with van der Waals surface area (Å²) < 4.78 is 4.58. The van der Waals surface area contributed by atoms with E-state index in [1.807, 2.05) is 12.4 Å². The fourth-order valence-corrected chi connectivity index (χ4v) is 7.97. The lowest BCUT2D eigenvalue weighted by Gasteiger charge is -2.21. The first-order valence-corrected chi connectivity index (χ1v) is 16.2. The van der Waals surface area contributed by atoms with E-state index in [9.17, 15) is 0 Å². The van der Waals surface area contributed by atoms with E-state index in [0.29, 0.717) is 5.95 Å². The zero-order valence-corrected chi connectivity index (χ0v) is 26.1. The van der Waals surface area contributed by atoms with Crippen LogP contribution in [0, 0.1) is 0 Å². The summed E-state index contributed by atoms with van der Waals surface area (Å²) in [5.41, 5.74) is 13.1. The summed E-state index contributed by atoms with van der Waals surface area (Å²) in [5.74, 6) is 0.663. The number of benzene rings is 6. The van der Waals surface area contributed by atoms with Gasteiger partial charge in [0.2, 0.25) is 5.95 Å². The molecule has 0 spiro atoms. The van der Waals surface area contributed by atoms with Crippen LogP contribution in [0.5, 0.6) is 0 Å². The van der Waals surface area contributed by atoms with Crippen molar-refractivity contribution in [3.8, 4) is 33.9 Å². The van der Waals surface area contributed by atoms with E-state index in [2.05, 4.69) is 156 Å². The molecule has 0 unspecified atom stereocenters. The number of fused-ring (bicyclic) bond motifs is 9. The van der Waals surface area contributed by atoms with Crippen molar-refractivity contribution in [2.24, 2.45) is 0 Å². The van der Waals surface area contributed by atoms with Crippen LogP contribution in [0.2, 0.25) is 0 Å². The molecule has 0 saturated carbocycles. The lowest BCUT2D eigenvalue weighted by Crippen LogP contribution is -2.14. The molecule has 0 radical (unpaired) electrons. The van der Waals surface area contributed by atoms with Gasteiger partial charge in [0.25, 0.3) is 0 Å². The molecule has 0 saturated heterocycles. The Labute approximate surface area is 272 Å². The molecule has 0 N–H and O–H groups in total. The van der Waals surface area contributed by atoms with Gasteiger partial charge in [-0.1, -0.05) is 105 Å². The van der Waals surface area contributed by atoms with E-state index in [0.717, 1.165) is 33.4 Å². The Morgan fingerprint density at radius 1 is 0.447 bits per heavy atom. The van der Waals surface area contributed by atoms with Crippen molar-refractivity contribution in [3.63, 3.8) is 0 Å². The third-order valence-corrected chi connectivity index (χ3v) is 10.2. The van der Waals surface area contributed by atoms with Crippen LogP contribution in [0.15, 0.2) is 146 Å². The second-order valence-corrected chi connectivity index (χ2v) is 13.1. The first kappa shape index (κ1) is 26.2. The molecular weight excluding hydrogens is 573 g/mol. The highest BCUT2D eigenvalue weighted by Crippen LogP contribution is 2.49. The average Bonchev–Trinajstić information content (AvgIpc) is 3.70. The number of aromatic nitrogens is 4. The summed E-state index contributed by atoms with van der Waals surface area (Å²) in [4.78, 5) is 10.0. The molecule has 1 aliphatic carbocycles. The van der Waals surface area contributed by atoms with Gasteiger partial charge in [-0.3, -0.25) is 4.57 Å². The van der Waals surface area contributed by atoms with Crippen molar-refractivity contribution in [2.45, 2.75) is 19.3 Å². The fourth-order valence-electron chi connectivity index (χ4n) is 7.97. The predicted octanol–water partition coefficient (Wildman–Crippen LogP) is 10.6. The summed E-state index contributed by atoms with van der Waals surface area (Å²) in [7, 11) is 0. The van der Waals surface area contributed by atoms with Crippen molar-refractivity contribution in [1.29, 1.82) is 0 Å². The highest BCUT2D eigenvalue weighted by molar-refractivity contribution is 6.19. The van der Waals surface area contributed by atoms with Crippen LogP contribution in [-0.2, 0) is 5.41 Å². The van der Waals surface area contributed by atoms with Crippen LogP contribution in [0.3, 0.4) is 0 Å². The van der Waals surface area contributed by atoms with Gasteiger partial charge in [0, 0.05) is 50.6 Å². The van der Waals surface area contributed by atoms with E-state index >= 15 is 0 Å². The summed E-state index contributed by atoms with van der Waals surface area (Å²) in [5, 5.41) is 4.86. The minimum Gasteiger partial charge on any atom is -0.309 e. The zero-order valence-electron chi connectivity index (χ0n) is 26.1. The minimum atomic E-state index is -0.0563. The largest absolute Gasteiger partial charge is 0.309 e. The molecule has 6 aromatic carbocycles. The van der Waals surface area contributed by atoms with Gasteiger partial charge < -0.3 is 4.57 Å². The van der Waals surface area contributed by atoms with Gasteiger partial charge in [0.05, 0.1) is 22.1 Å². The molecule has 0 bridgehead atoms. The molecule has 0 atom stereocenters. The van der Waals surface area contributed by atoms with Gasteiger partial charge >= 0.3 is 0 Å². The maximum atomic E-state index is 5.02. The van der Waals surface area contributed by atoms with Gasteiger partial charge in [-0.25, -0.2) is 9.97 Å². The lowest BCUT2D eigenvalue weighted by molar-refractivity contribution is 0.660. The van der Waals surface area contributed by atoms with E-state index in [1.54, 1.807) is 0 Å². The van der Waals surface area contributed by atoms with E-state index in [1.165, 1.54) is 49.3 Å². The van der Waals surface area contributed by atoms with E-state index in [4.69, 9.17) is 9.97 Å². The normalized spacial score (nSPS) is 13.5. The van der Waals surface area contributed by atoms with Crippen molar-refractivity contribution >= 4 is 43.6 Å². The highest BCUT2D eigenvalue weighted by Gasteiger charge is 2.35. The summed E-state index contributed by atoms with van der Waals surface area (Å²) >= 11 is 0. The topological polar surface area (TPSA) is 35.6 Å². The van der Waals surface area contributed by atoms with Crippen LogP contribution in [0.4, 0.5) is 0 Å². The Morgan fingerprint density at radius 2 is 1.04 bits per heavy atom. The molecule has 47 heavy (non-hydrogen) atoms. The number of para-hydroxylation sites is 3. The highest BCUT2D eigenvalue weighted by atomic mass is 15.2. The second-order valence-electron chi connectivity index (χ2n) is 13.1. The first-order chi connectivity index (χ1) is 23.1. The predicted molar refractivity (Wildman–Crippen MR) is 194 cm³/mol. The molecule has 222 valence electrons. The molecule has 0 amide bonds. The number of nitrogens with zero attached hydrogens (tertiary/aromatic N) is 4. The van der Waals surface area contributed by atoms with Crippen molar-refractivity contribution in [2.75, 3.05) is 0 Å². The Kier molecular flexibility index (Phi) is 5.31. The van der Waals surface area contributed by atoms with Crippen LogP contribution in [-0.4, -0.2) is 19.1 Å². The van der Waals surface area contributed by atoms with E-state index < -0.39 is 0 Å². The van der Waals surface area contributed by atoms with E-state index in [-0.39, 0.29) is 5.41 Å². The van der Waals surface area contributed by atoms with Gasteiger partial charge in [-0.15, -0.1) is 0 Å². The number of hydrogen-bond acceptors (Lipinski definition) is 2. The molecule has 10 rings (SSSR count). The molecule has 3 heterocycles. The number of hydrogen-bond donors (Lipinski definition) is 0. The molecule has 1 aliphatic rings. The summed E-state index contributed by atoms with van der Waals surface area (Å²) in [6, 6.07) is 48.1. The monoisotopic (exact) mass is 602 g/mol. The van der Waals surface area contributed by atoms with Crippen LogP contribution in [0.1, 0.15) is 25.0 Å².